The fraction of sp³-hybridized carbons (Fsp3) is 0.579. The SMILES string of the molecule is CCC1CN(C(=S)NC2CCCCC2)C(=Nc2cccc(OC)c2)S1. The number of hydrogen-bond donors (Lipinski definition) is 1. The van der Waals surface area contributed by atoms with E-state index in [-0.39, 0.29) is 0 Å². The molecule has 1 aromatic rings. The molecule has 0 radical (unpaired) electrons. The van der Waals surface area contributed by atoms with E-state index in [0.717, 1.165) is 34.7 Å². The van der Waals surface area contributed by atoms with Gasteiger partial charge in [0.1, 0.15) is 5.75 Å². The minimum atomic E-state index is 0.519. The van der Waals surface area contributed by atoms with Crippen LogP contribution >= 0.6 is 24.0 Å². The molecule has 1 heterocycles. The molecule has 0 aromatic heterocycles. The van der Waals surface area contributed by atoms with E-state index >= 15 is 0 Å². The smallest absolute Gasteiger partial charge is 0.175 e. The highest BCUT2D eigenvalue weighted by molar-refractivity contribution is 8.14. The minimum absolute atomic E-state index is 0.519. The van der Waals surface area contributed by atoms with Crippen molar-refractivity contribution in [1.29, 1.82) is 0 Å². The van der Waals surface area contributed by atoms with Crippen LogP contribution in [0.4, 0.5) is 5.69 Å². The Kier molecular flexibility index (Phi) is 6.59. The summed E-state index contributed by atoms with van der Waals surface area (Å²) in [6, 6.07) is 8.39. The van der Waals surface area contributed by atoms with Crippen LogP contribution in [0.15, 0.2) is 29.3 Å². The van der Waals surface area contributed by atoms with Crippen LogP contribution in [0.25, 0.3) is 0 Å². The number of thiocarbonyl (C=S) groups is 1. The van der Waals surface area contributed by atoms with E-state index in [1.54, 1.807) is 7.11 Å². The Balaban J connectivity index is 1.75. The van der Waals surface area contributed by atoms with Crippen molar-refractivity contribution >= 4 is 39.9 Å². The topological polar surface area (TPSA) is 36.9 Å². The maximum atomic E-state index is 5.73. The Hall–Kier alpha value is -1.27. The van der Waals surface area contributed by atoms with Gasteiger partial charge >= 0.3 is 0 Å². The summed E-state index contributed by atoms with van der Waals surface area (Å²) in [7, 11) is 1.68. The first-order valence-corrected chi connectivity index (χ1v) is 10.5. The monoisotopic (exact) mass is 377 g/mol. The molecule has 4 nitrogen and oxygen atoms in total. The van der Waals surface area contributed by atoms with Crippen LogP contribution < -0.4 is 10.1 Å². The zero-order chi connectivity index (χ0) is 17.6. The molecular formula is C19H27N3OS2. The summed E-state index contributed by atoms with van der Waals surface area (Å²) >= 11 is 7.56. The number of thioether (sulfide) groups is 1. The lowest BCUT2D eigenvalue weighted by atomic mass is 9.96. The van der Waals surface area contributed by atoms with Gasteiger partial charge < -0.3 is 10.1 Å². The Labute approximate surface area is 160 Å². The first kappa shape index (κ1) is 18.5. The van der Waals surface area contributed by atoms with Gasteiger partial charge in [-0.1, -0.05) is 44.0 Å². The molecule has 25 heavy (non-hydrogen) atoms. The van der Waals surface area contributed by atoms with Crippen molar-refractivity contribution in [3.63, 3.8) is 0 Å². The number of methoxy groups -OCH3 is 1. The summed E-state index contributed by atoms with van der Waals surface area (Å²) in [6.07, 6.45) is 7.52. The Morgan fingerprint density at radius 2 is 2.16 bits per heavy atom. The van der Waals surface area contributed by atoms with Crippen molar-refractivity contribution in [2.75, 3.05) is 13.7 Å². The Morgan fingerprint density at radius 3 is 2.88 bits per heavy atom. The van der Waals surface area contributed by atoms with E-state index in [1.807, 2.05) is 36.0 Å². The van der Waals surface area contributed by atoms with Gasteiger partial charge in [0.25, 0.3) is 0 Å². The molecule has 3 rings (SSSR count). The number of nitrogens with zero attached hydrogens (tertiary/aromatic N) is 2. The maximum absolute atomic E-state index is 5.73. The van der Waals surface area contributed by atoms with Crippen LogP contribution in [0.2, 0.25) is 0 Å². The third kappa shape index (κ3) is 4.88. The molecule has 1 aliphatic carbocycles. The molecule has 2 fully saturated rings. The van der Waals surface area contributed by atoms with Gasteiger partial charge in [0, 0.05) is 23.9 Å². The van der Waals surface area contributed by atoms with Gasteiger partial charge in [-0.05, 0) is 43.6 Å². The summed E-state index contributed by atoms with van der Waals surface area (Å²) < 4.78 is 5.31. The minimum Gasteiger partial charge on any atom is -0.497 e. The third-order valence-electron chi connectivity index (χ3n) is 4.80. The standard InChI is InChI=1S/C19H27N3OS2/c1-3-17-13-22(18(24)20-14-8-5-4-6-9-14)19(25-17)21-15-10-7-11-16(12-15)23-2/h7,10-12,14,17H,3-6,8-9,13H2,1-2H3,(H,20,24). The first-order chi connectivity index (χ1) is 12.2. The lowest BCUT2D eigenvalue weighted by molar-refractivity contribution is 0.405. The molecule has 1 atom stereocenters. The Bertz CT molecular complexity index is 629. The van der Waals surface area contributed by atoms with Gasteiger partial charge in [0.15, 0.2) is 10.3 Å². The van der Waals surface area contributed by atoms with Gasteiger partial charge in [-0.15, -0.1) is 0 Å². The summed E-state index contributed by atoms with van der Waals surface area (Å²) in [5.41, 5.74) is 0.907. The number of benzene rings is 1. The second-order valence-corrected chi connectivity index (χ2v) is 8.29. The van der Waals surface area contributed by atoms with Crippen molar-refractivity contribution in [1.82, 2.24) is 10.2 Å². The number of amidine groups is 1. The van der Waals surface area contributed by atoms with E-state index in [4.69, 9.17) is 21.9 Å². The van der Waals surface area contributed by atoms with Crippen LogP contribution in [0, 0.1) is 0 Å². The van der Waals surface area contributed by atoms with Gasteiger partial charge in [-0.3, -0.25) is 4.90 Å². The van der Waals surface area contributed by atoms with E-state index < -0.39 is 0 Å². The van der Waals surface area contributed by atoms with Crippen LogP contribution in [0.5, 0.6) is 5.75 Å². The summed E-state index contributed by atoms with van der Waals surface area (Å²) in [4.78, 5) is 7.04. The second-order valence-electron chi connectivity index (χ2n) is 6.64. The summed E-state index contributed by atoms with van der Waals surface area (Å²) in [6.45, 7) is 3.16. The van der Waals surface area contributed by atoms with E-state index in [2.05, 4.69) is 17.1 Å². The van der Waals surface area contributed by atoms with Gasteiger partial charge in [-0.2, -0.15) is 0 Å². The Morgan fingerprint density at radius 1 is 1.36 bits per heavy atom. The largest absolute Gasteiger partial charge is 0.497 e. The number of aliphatic imine (C=N–C) groups is 1. The van der Waals surface area contributed by atoms with Crippen LogP contribution in [-0.4, -0.2) is 40.1 Å². The first-order valence-electron chi connectivity index (χ1n) is 9.17. The quantitative estimate of drug-likeness (QED) is 0.769. The van der Waals surface area contributed by atoms with Gasteiger partial charge in [0.05, 0.1) is 12.8 Å². The van der Waals surface area contributed by atoms with Gasteiger partial charge in [0.2, 0.25) is 0 Å². The van der Waals surface area contributed by atoms with Crippen molar-refractivity contribution in [2.45, 2.75) is 56.7 Å². The van der Waals surface area contributed by atoms with Crippen LogP contribution in [0.1, 0.15) is 45.4 Å². The average molecular weight is 378 g/mol. The summed E-state index contributed by atoms with van der Waals surface area (Å²) in [5, 5.41) is 5.94. The zero-order valence-corrected chi connectivity index (χ0v) is 16.7. The highest BCUT2D eigenvalue weighted by Gasteiger charge is 2.31. The highest BCUT2D eigenvalue weighted by atomic mass is 32.2. The normalized spacial score (nSPS) is 23.0. The molecule has 0 bridgehead atoms. The molecule has 6 heteroatoms. The molecule has 1 aromatic carbocycles. The molecule has 1 unspecified atom stereocenters. The predicted octanol–water partition coefficient (Wildman–Crippen LogP) is 4.72. The molecule has 1 aliphatic heterocycles. The molecule has 136 valence electrons. The number of rotatable bonds is 4. The third-order valence-corrected chi connectivity index (χ3v) is 6.48. The molecule has 1 saturated carbocycles. The van der Waals surface area contributed by atoms with E-state index in [0.29, 0.717) is 11.3 Å². The highest BCUT2D eigenvalue weighted by Crippen LogP contribution is 2.31. The lowest BCUT2D eigenvalue weighted by Crippen LogP contribution is -2.46. The van der Waals surface area contributed by atoms with Gasteiger partial charge in [-0.25, -0.2) is 4.99 Å². The molecule has 1 N–H and O–H groups in total. The summed E-state index contributed by atoms with van der Waals surface area (Å²) in [5.74, 6) is 0.825. The molecular weight excluding hydrogens is 350 g/mol. The number of ether oxygens (including phenoxy) is 1. The zero-order valence-electron chi connectivity index (χ0n) is 15.0. The average Bonchev–Trinajstić information content (AvgIpc) is 3.06. The number of hydrogen-bond acceptors (Lipinski definition) is 4. The van der Waals surface area contributed by atoms with Crippen molar-refractivity contribution in [3.8, 4) is 5.75 Å². The fourth-order valence-electron chi connectivity index (χ4n) is 3.29. The maximum Gasteiger partial charge on any atom is 0.175 e. The molecule has 0 spiro atoms. The van der Waals surface area contributed by atoms with Crippen molar-refractivity contribution in [2.24, 2.45) is 4.99 Å². The van der Waals surface area contributed by atoms with Crippen molar-refractivity contribution in [3.05, 3.63) is 24.3 Å². The number of nitrogens with one attached hydrogen (secondary N) is 1. The predicted molar refractivity (Wildman–Crippen MR) is 111 cm³/mol. The second kappa shape index (κ2) is 8.90. The van der Waals surface area contributed by atoms with Crippen molar-refractivity contribution < 1.29 is 4.74 Å². The van der Waals surface area contributed by atoms with Crippen LogP contribution in [-0.2, 0) is 0 Å². The fourth-order valence-corrected chi connectivity index (χ4v) is 4.82. The van der Waals surface area contributed by atoms with E-state index in [9.17, 15) is 0 Å². The molecule has 0 amide bonds. The van der Waals surface area contributed by atoms with E-state index in [1.165, 1.54) is 32.1 Å². The lowest BCUT2D eigenvalue weighted by Gasteiger charge is -2.28. The van der Waals surface area contributed by atoms with Crippen LogP contribution in [0.3, 0.4) is 0 Å². The molecule has 2 aliphatic rings. The molecule has 1 saturated heterocycles.